The number of nitrogen functional groups attached to an aromatic ring is 1. The summed E-state index contributed by atoms with van der Waals surface area (Å²) in [6, 6.07) is 5.29. The van der Waals surface area contributed by atoms with Crippen molar-refractivity contribution in [1.29, 1.82) is 0 Å². The number of esters is 1. The first-order valence-corrected chi connectivity index (χ1v) is 8.95. The van der Waals surface area contributed by atoms with Gasteiger partial charge in [-0.1, -0.05) is 0 Å². The zero-order valence-corrected chi connectivity index (χ0v) is 15.7. The molecular formula is C17H22N4O4S. The van der Waals surface area contributed by atoms with Crippen molar-refractivity contribution in [3.63, 3.8) is 0 Å². The Morgan fingerprint density at radius 3 is 2.85 bits per heavy atom. The molecule has 0 saturated carbocycles. The number of nitrogens with two attached hydrogens (primary N) is 1. The van der Waals surface area contributed by atoms with Crippen LogP contribution in [0.5, 0.6) is 11.5 Å². The quantitative estimate of drug-likeness (QED) is 0.392. The summed E-state index contributed by atoms with van der Waals surface area (Å²) in [5.74, 6) is 1.00. The molecule has 8 nitrogen and oxygen atoms in total. The van der Waals surface area contributed by atoms with Crippen LogP contribution in [0.3, 0.4) is 0 Å². The van der Waals surface area contributed by atoms with Gasteiger partial charge in [0.25, 0.3) is 0 Å². The highest BCUT2D eigenvalue weighted by atomic mass is 32.1. The lowest BCUT2D eigenvalue weighted by Crippen LogP contribution is -2.19. The highest BCUT2D eigenvalue weighted by Gasteiger charge is 2.10. The molecule has 3 N–H and O–H groups in total. The molecule has 0 aliphatic heterocycles. The summed E-state index contributed by atoms with van der Waals surface area (Å²) in [6.07, 6.45) is 1.44. The summed E-state index contributed by atoms with van der Waals surface area (Å²) in [5, 5.41) is 6.44. The number of hydrogen-bond donors (Lipinski definition) is 2. The van der Waals surface area contributed by atoms with E-state index in [1.165, 1.54) is 11.3 Å². The monoisotopic (exact) mass is 378 g/mol. The van der Waals surface area contributed by atoms with Crippen LogP contribution in [-0.2, 0) is 9.53 Å². The second-order valence-electron chi connectivity index (χ2n) is 5.41. The predicted octanol–water partition coefficient (Wildman–Crippen LogP) is 2.90. The van der Waals surface area contributed by atoms with Crippen LogP contribution in [0.25, 0.3) is 0 Å². The van der Waals surface area contributed by atoms with Gasteiger partial charge >= 0.3 is 5.97 Å². The molecule has 0 saturated heterocycles. The summed E-state index contributed by atoms with van der Waals surface area (Å²) in [5.41, 5.74) is 9.15. The summed E-state index contributed by atoms with van der Waals surface area (Å²) in [4.78, 5) is 15.7. The topological polar surface area (TPSA) is 108 Å². The Hall–Kier alpha value is -2.81. The van der Waals surface area contributed by atoms with E-state index in [4.69, 9.17) is 19.9 Å². The molecule has 0 amide bonds. The number of anilines is 2. The molecule has 0 atom stereocenters. The molecule has 26 heavy (non-hydrogen) atoms. The average molecular weight is 378 g/mol. The lowest BCUT2D eigenvalue weighted by molar-refractivity contribution is -0.149. The van der Waals surface area contributed by atoms with Crippen LogP contribution in [0.4, 0.5) is 10.9 Å². The number of carbonyl (C=O) groups excluding carboxylic acids is 1. The number of nitrogens with one attached hydrogen (secondary N) is 1. The number of rotatable bonds is 9. The summed E-state index contributed by atoms with van der Waals surface area (Å²) >= 11 is 1.36. The molecule has 0 bridgehead atoms. The Labute approximate surface area is 156 Å². The van der Waals surface area contributed by atoms with Gasteiger partial charge in [-0.15, -0.1) is 11.3 Å². The molecule has 1 heterocycles. The van der Waals surface area contributed by atoms with Crippen molar-refractivity contribution in [2.75, 3.05) is 24.4 Å². The van der Waals surface area contributed by atoms with Crippen molar-refractivity contribution in [3.8, 4) is 11.5 Å². The Balaban J connectivity index is 2.01. The van der Waals surface area contributed by atoms with Crippen molar-refractivity contribution >= 4 is 34.5 Å². The van der Waals surface area contributed by atoms with Crippen LogP contribution in [-0.4, -0.2) is 36.5 Å². The van der Waals surface area contributed by atoms with E-state index in [0.29, 0.717) is 29.1 Å². The zero-order valence-electron chi connectivity index (χ0n) is 14.9. The minimum absolute atomic E-state index is 0.182. The molecule has 140 valence electrons. The molecule has 1 aromatic carbocycles. The first-order valence-electron chi connectivity index (χ1n) is 8.07. The smallest absolute Gasteiger partial charge is 0.344 e. The second kappa shape index (κ2) is 9.62. The van der Waals surface area contributed by atoms with Crippen molar-refractivity contribution in [2.45, 2.75) is 26.9 Å². The maximum Gasteiger partial charge on any atom is 0.344 e. The SMILES string of the molecule is CCOc1cc(C=NNc2nc(N)cs2)ccc1OCC(=O)OC(C)C. The maximum atomic E-state index is 11.6. The number of hydrazone groups is 1. The fourth-order valence-corrected chi connectivity index (χ4v) is 2.47. The average Bonchev–Trinajstić information content (AvgIpc) is 2.99. The molecular weight excluding hydrogens is 356 g/mol. The number of benzene rings is 1. The normalized spacial score (nSPS) is 10.9. The van der Waals surface area contributed by atoms with Crippen LogP contribution in [0, 0.1) is 0 Å². The van der Waals surface area contributed by atoms with Gasteiger partial charge in [0, 0.05) is 5.38 Å². The minimum atomic E-state index is -0.431. The molecule has 0 spiro atoms. The van der Waals surface area contributed by atoms with Crippen LogP contribution in [0.15, 0.2) is 28.7 Å². The number of aromatic nitrogens is 1. The van der Waals surface area contributed by atoms with Crippen LogP contribution < -0.4 is 20.6 Å². The largest absolute Gasteiger partial charge is 0.490 e. The van der Waals surface area contributed by atoms with E-state index in [0.717, 1.165) is 5.56 Å². The number of carbonyl (C=O) groups is 1. The molecule has 2 rings (SSSR count). The molecule has 0 unspecified atom stereocenters. The van der Waals surface area contributed by atoms with Gasteiger partial charge in [0.05, 0.1) is 18.9 Å². The van der Waals surface area contributed by atoms with Crippen molar-refractivity contribution in [3.05, 3.63) is 29.1 Å². The Morgan fingerprint density at radius 2 is 2.19 bits per heavy atom. The number of thiazole rings is 1. The first-order chi connectivity index (χ1) is 12.5. The van der Waals surface area contributed by atoms with Gasteiger partial charge in [-0.25, -0.2) is 9.78 Å². The highest BCUT2D eigenvalue weighted by Crippen LogP contribution is 2.28. The highest BCUT2D eigenvalue weighted by molar-refractivity contribution is 7.14. The van der Waals surface area contributed by atoms with E-state index < -0.39 is 5.97 Å². The zero-order chi connectivity index (χ0) is 18.9. The third-order valence-corrected chi connectivity index (χ3v) is 3.64. The first kappa shape index (κ1) is 19.5. The number of hydrogen-bond acceptors (Lipinski definition) is 9. The van der Waals surface area contributed by atoms with E-state index in [-0.39, 0.29) is 12.7 Å². The third kappa shape index (κ3) is 6.25. The van der Waals surface area contributed by atoms with Crippen LogP contribution in [0.2, 0.25) is 0 Å². The van der Waals surface area contributed by atoms with Gasteiger partial charge in [-0.05, 0) is 44.5 Å². The van der Waals surface area contributed by atoms with Crippen molar-refractivity contribution in [1.82, 2.24) is 4.98 Å². The summed E-state index contributed by atoms with van der Waals surface area (Å²) in [6.45, 7) is 5.71. The maximum absolute atomic E-state index is 11.6. The number of nitrogens with zero attached hydrogens (tertiary/aromatic N) is 2. The van der Waals surface area contributed by atoms with Crippen molar-refractivity contribution in [2.24, 2.45) is 5.10 Å². The Bertz CT molecular complexity index is 761. The Kier molecular flexibility index (Phi) is 7.22. The molecule has 0 radical (unpaired) electrons. The van der Waals surface area contributed by atoms with Crippen LogP contribution in [0.1, 0.15) is 26.3 Å². The lowest BCUT2D eigenvalue weighted by atomic mass is 10.2. The van der Waals surface area contributed by atoms with Gasteiger partial charge in [0.2, 0.25) is 5.13 Å². The summed E-state index contributed by atoms with van der Waals surface area (Å²) < 4.78 is 16.1. The Morgan fingerprint density at radius 1 is 1.38 bits per heavy atom. The molecule has 2 aromatic rings. The molecule has 9 heteroatoms. The third-order valence-electron chi connectivity index (χ3n) is 2.88. The van der Waals surface area contributed by atoms with E-state index in [9.17, 15) is 4.79 Å². The predicted molar refractivity (Wildman–Crippen MR) is 102 cm³/mol. The molecule has 0 aliphatic rings. The van der Waals surface area contributed by atoms with Gasteiger partial charge in [-0.3, -0.25) is 5.43 Å². The summed E-state index contributed by atoms with van der Waals surface area (Å²) in [7, 11) is 0. The van der Waals surface area contributed by atoms with Gasteiger partial charge in [-0.2, -0.15) is 5.10 Å². The molecule has 0 aliphatic carbocycles. The molecule has 1 aromatic heterocycles. The molecule has 0 fully saturated rings. The standard InChI is InChI=1S/C17H22N4O4S/c1-4-23-14-7-12(8-19-21-17-20-15(18)10-26-17)5-6-13(14)24-9-16(22)25-11(2)3/h5-8,10-11H,4,9,18H2,1-3H3,(H,20,21). The van der Waals surface area contributed by atoms with Gasteiger partial charge < -0.3 is 19.9 Å². The minimum Gasteiger partial charge on any atom is -0.490 e. The van der Waals surface area contributed by atoms with E-state index in [2.05, 4.69) is 15.5 Å². The van der Waals surface area contributed by atoms with Crippen LogP contribution >= 0.6 is 11.3 Å². The van der Waals surface area contributed by atoms with E-state index >= 15 is 0 Å². The van der Waals surface area contributed by atoms with E-state index in [1.54, 1.807) is 43.6 Å². The second-order valence-corrected chi connectivity index (χ2v) is 6.27. The fourth-order valence-electron chi connectivity index (χ4n) is 1.93. The van der Waals surface area contributed by atoms with Gasteiger partial charge in [0.1, 0.15) is 5.82 Å². The lowest BCUT2D eigenvalue weighted by Gasteiger charge is -2.13. The number of ether oxygens (including phenoxy) is 3. The van der Waals surface area contributed by atoms with E-state index in [1.807, 2.05) is 6.92 Å². The van der Waals surface area contributed by atoms with Crippen molar-refractivity contribution < 1.29 is 19.0 Å². The van der Waals surface area contributed by atoms with Gasteiger partial charge in [0.15, 0.2) is 18.1 Å². The fraction of sp³-hybridized carbons (Fsp3) is 0.353.